The fourth-order valence-electron chi connectivity index (χ4n) is 4.91. The molecule has 1 aromatic heterocycles. The number of esters is 1. The van der Waals surface area contributed by atoms with Crippen LogP contribution in [0.2, 0.25) is 0 Å². The molecular formula is C20H22N2O3. The fourth-order valence-corrected chi connectivity index (χ4v) is 4.91. The van der Waals surface area contributed by atoms with E-state index in [4.69, 9.17) is 4.74 Å². The van der Waals surface area contributed by atoms with Crippen LogP contribution in [0.25, 0.3) is 0 Å². The quantitative estimate of drug-likeness (QED) is 0.854. The number of carbonyl (C=O) groups excluding carboxylic acids is 2. The van der Waals surface area contributed by atoms with Crippen molar-refractivity contribution in [1.82, 2.24) is 10.2 Å². The Bertz CT molecular complexity index is 841. The number of ketones is 1. The van der Waals surface area contributed by atoms with Gasteiger partial charge in [-0.25, -0.2) is 4.79 Å². The van der Waals surface area contributed by atoms with Gasteiger partial charge in [0, 0.05) is 24.0 Å². The molecule has 1 N–H and O–H groups in total. The average Bonchev–Trinajstić information content (AvgIpc) is 3.13. The van der Waals surface area contributed by atoms with Crippen molar-refractivity contribution in [3.63, 3.8) is 0 Å². The largest absolute Gasteiger partial charge is 0.465 e. The number of aromatic nitrogens is 2. The molecule has 0 bridgehead atoms. The molecule has 1 fully saturated rings. The molecule has 5 heteroatoms. The van der Waals surface area contributed by atoms with Crippen LogP contribution in [0.5, 0.6) is 0 Å². The average molecular weight is 338 g/mol. The normalized spacial score (nSPS) is 28.2. The van der Waals surface area contributed by atoms with Gasteiger partial charge in [0.15, 0.2) is 0 Å². The van der Waals surface area contributed by atoms with Crippen molar-refractivity contribution in [3.8, 4) is 0 Å². The molecule has 0 radical (unpaired) electrons. The summed E-state index contributed by atoms with van der Waals surface area (Å²) in [5.41, 5.74) is 3.56. The Balaban J connectivity index is 1.92. The molecule has 130 valence electrons. The third-order valence-electron chi connectivity index (χ3n) is 6.18. The van der Waals surface area contributed by atoms with Crippen LogP contribution in [0.15, 0.2) is 30.5 Å². The number of fused-ring (bicyclic) bond motifs is 3. The number of methoxy groups -OCH3 is 1. The molecule has 2 aliphatic carbocycles. The number of benzene rings is 1. The highest BCUT2D eigenvalue weighted by Gasteiger charge is 2.53. The summed E-state index contributed by atoms with van der Waals surface area (Å²) >= 11 is 0. The monoisotopic (exact) mass is 338 g/mol. The van der Waals surface area contributed by atoms with Gasteiger partial charge in [-0.3, -0.25) is 9.89 Å². The van der Waals surface area contributed by atoms with Crippen molar-refractivity contribution in [1.29, 1.82) is 0 Å². The summed E-state index contributed by atoms with van der Waals surface area (Å²) in [4.78, 5) is 24.4. The highest BCUT2D eigenvalue weighted by molar-refractivity contribution is 5.89. The van der Waals surface area contributed by atoms with Gasteiger partial charge in [0.05, 0.1) is 18.4 Å². The number of aromatic amines is 1. The second-order valence-corrected chi connectivity index (χ2v) is 7.20. The summed E-state index contributed by atoms with van der Waals surface area (Å²) in [5, 5.41) is 7.61. The topological polar surface area (TPSA) is 72.1 Å². The lowest BCUT2D eigenvalue weighted by Crippen LogP contribution is -2.49. The summed E-state index contributed by atoms with van der Waals surface area (Å²) < 4.78 is 4.89. The number of aryl methyl sites for hydroxylation is 1. The molecule has 5 nitrogen and oxygen atoms in total. The molecule has 2 aromatic rings. The van der Waals surface area contributed by atoms with Gasteiger partial charge in [0.2, 0.25) is 0 Å². The fraction of sp³-hybridized carbons (Fsp3) is 0.450. The Labute approximate surface area is 146 Å². The van der Waals surface area contributed by atoms with Crippen molar-refractivity contribution in [2.45, 2.75) is 38.0 Å². The molecule has 0 unspecified atom stereocenters. The number of rotatable bonds is 2. The van der Waals surface area contributed by atoms with E-state index in [-0.39, 0.29) is 23.2 Å². The van der Waals surface area contributed by atoms with Gasteiger partial charge in [-0.05, 0) is 48.4 Å². The first-order valence-corrected chi connectivity index (χ1v) is 8.82. The number of nitrogens with one attached hydrogen (secondary N) is 1. The first-order valence-electron chi connectivity index (χ1n) is 8.82. The van der Waals surface area contributed by atoms with Gasteiger partial charge >= 0.3 is 5.97 Å². The van der Waals surface area contributed by atoms with Crippen LogP contribution in [-0.4, -0.2) is 29.1 Å². The highest BCUT2D eigenvalue weighted by atomic mass is 16.5. The number of Topliss-reactive ketones (excluding diaryl/α,β-unsaturated/α-hetero) is 1. The second-order valence-electron chi connectivity index (χ2n) is 7.20. The van der Waals surface area contributed by atoms with Crippen LogP contribution in [0.4, 0.5) is 0 Å². The van der Waals surface area contributed by atoms with Crippen LogP contribution in [0.3, 0.4) is 0 Å². The number of carbonyl (C=O) groups is 2. The van der Waals surface area contributed by atoms with E-state index in [0.29, 0.717) is 17.8 Å². The second kappa shape index (κ2) is 5.83. The molecule has 1 aromatic carbocycles. The molecule has 4 rings (SSSR count). The number of H-pyrrole nitrogens is 1. The molecule has 0 saturated heterocycles. The Hall–Kier alpha value is -2.43. The van der Waals surface area contributed by atoms with E-state index < -0.39 is 0 Å². The lowest BCUT2D eigenvalue weighted by molar-refractivity contribution is -0.128. The maximum atomic E-state index is 12.4. The van der Waals surface area contributed by atoms with Gasteiger partial charge in [0.25, 0.3) is 0 Å². The maximum Gasteiger partial charge on any atom is 0.337 e. The Morgan fingerprint density at radius 1 is 1.36 bits per heavy atom. The van der Waals surface area contributed by atoms with Crippen LogP contribution in [-0.2, 0) is 21.4 Å². The minimum Gasteiger partial charge on any atom is -0.465 e. The molecule has 2 aliphatic rings. The summed E-state index contributed by atoms with van der Waals surface area (Å²) in [6.07, 6.45) is 5.16. The first kappa shape index (κ1) is 16.1. The Morgan fingerprint density at radius 3 is 3.00 bits per heavy atom. The Kier molecular flexibility index (Phi) is 3.74. The number of nitrogens with zero attached hydrogens (tertiary/aromatic N) is 1. The van der Waals surface area contributed by atoms with E-state index in [1.54, 1.807) is 6.07 Å². The van der Waals surface area contributed by atoms with Crippen LogP contribution < -0.4 is 0 Å². The standard InChI is InChI=1S/C20H22N2O3/c1-12-16-7-6-14-11-21-22-18(14)20(16,9-8-17(12)23)15-5-3-4-13(10-15)19(24)25-2/h3-5,10-12,16H,6-9H2,1-2H3,(H,21,22)/t12-,16-,20+/m0/s1. The van der Waals surface area contributed by atoms with E-state index in [0.717, 1.165) is 30.5 Å². The molecule has 1 saturated carbocycles. The van der Waals surface area contributed by atoms with E-state index in [1.165, 1.54) is 12.7 Å². The molecule has 25 heavy (non-hydrogen) atoms. The van der Waals surface area contributed by atoms with Crippen LogP contribution >= 0.6 is 0 Å². The van der Waals surface area contributed by atoms with Crippen LogP contribution in [0.1, 0.15) is 53.4 Å². The molecule has 0 amide bonds. The number of hydrogen-bond acceptors (Lipinski definition) is 4. The molecule has 3 atom stereocenters. The van der Waals surface area contributed by atoms with Crippen molar-refractivity contribution in [2.75, 3.05) is 7.11 Å². The summed E-state index contributed by atoms with van der Waals surface area (Å²) in [7, 11) is 1.39. The van der Waals surface area contributed by atoms with Crippen molar-refractivity contribution in [3.05, 3.63) is 52.8 Å². The molecular weight excluding hydrogens is 316 g/mol. The van der Waals surface area contributed by atoms with Gasteiger partial charge in [0.1, 0.15) is 5.78 Å². The lowest BCUT2D eigenvalue weighted by atomic mass is 9.53. The lowest BCUT2D eigenvalue weighted by Gasteiger charge is -2.49. The van der Waals surface area contributed by atoms with Crippen molar-refractivity contribution in [2.24, 2.45) is 11.8 Å². The third kappa shape index (κ3) is 2.25. The maximum absolute atomic E-state index is 12.4. The zero-order valence-corrected chi connectivity index (χ0v) is 14.5. The SMILES string of the molecule is COC(=O)c1cccc([C@]23CCC(=O)[C@@H](C)[C@@H]2CCc2c[nH]nc23)c1. The van der Waals surface area contributed by atoms with Gasteiger partial charge in [-0.15, -0.1) is 0 Å². The zero-order valence-electron chi connectivity index (χ0n) is 14.5. The van der Waals surface area contributed by atoms with Gasteiger partial charge in [-0.2, -0.15) is 5.10 Å². The molecule has 1 heterocycles. The molecule has 0 aliphatic heterocycles. The van der Waals surface area contributed by atoms with Crippen molar-refractivity contribution >= 4 is 11.8 Å². The first-order chi connectivity index (χ1) is 12.1. The zero-order chi connectivity index (χ0) is 17.6. The summed E-state index contributed by atoms with van der Waals surface area (Å²) in [6.45, 7) is 2.04. The van der Waals surface area contributed by atoms with Crippen molar-refractivity contribution < 1.29 is 14.3 Å². The van der Waals surface area contributed by atoms with E-state index in [1.807, 2.05) is 25.3 Å². The number of hydrogen-bond donors (Lipinski definition) is 1. The van der Waals surface area contributed by atoms with Gasteiger partial charge < -0.3 is 4.74 Å². The Morgan fingerprint density at radius 2 is 2.20 bits per heavy atom. The minimum atomic E-state index is -0.340. The molecule has 0 spiro atoms. The summed E-state index contributed by atoms with van der Waals surface area (Å²) in [5.74, 6) is 0.203. The predicted molar refractivity (Wildman–Crippen MR) is 92.4 cm³/mol. The number of ether oxygens (including phenoxy) is 1. The van der Waals surface area contributed by atoms with Gasteiger partial charge in [-0.1, -0.05) is 19.1 Å². The van der Waals surface area contributed by atoms with E-state index in [2.05, 4.69) is 16.3 Å². The minimum absolute atomic E-state index is 0.000354. The predicted octanol–water partition coefficient (Wildman–Crippen LogP) is 3.04. The summed E-state index contributed by atoms with van der Waals surface area (Å²) in [6, 6.07) is 7.65. The smallest absolute Gasteiger partial charge is 0.337 e. The van der Waals surface area contributed by atoms with Crippen LogP contribution in [0, 0.1) is 11.8 Å². The third-order valence-corrected chi connectivity index (χ3v) is 6.18. The van der Waals surface area contributed by atoms with E-state index in [9.17, 15) is 9.59 Å². The van der Waals surface area contributed by atoms with E-state index >= 15 is 0 Å². The highest BCUT2D eigenvalue weighted by Crippen LogP contribution is 2.54.